The van der Waals surface area contributed by atoms with Crippen LogP contribution < -0.4 is 4.90 Å². The van der Waals surface area contributed by atoms with Crippen LogP contribution in [0.2, 0.25) is 0 Å². The number of aromatic amines is 1. The van der Waals surface area contributed by atoms with E-state index in [9.17, 15) is 5.11 Å². The molecular weight excluding hydrogens is 228 g/mol. The van der Waals surface area contributed by atoms with Crippen LogP contribution in [0.15, 0.2) is 18.6 Å². The Bertz CT molecular complexity index is 581. The molecule has 2 bridgehead atoms. The zero-order chi connectivity index (χ0) is 12.1. The SMILES string of the molecule is OC[C@@H]1[C@@H]2CC[C@@H](C2)N1c1ncnc2[nH]ccc12. The molecule has 3 atom stereocenters. The van der Waals surface area contributed by atoms with Crippen LogP contribution in [0, 0.1) is 5.92 Å². The second-order valence-corrected chi connectivity index (χ2v) is 5.32. The van der Waals surface area contributed by atoms with Crippen molar-refractivity contribution >= 4 is 16.9 Å². The highest BCUT2D eigenvalue weighted by atomic mass is 16.3. The van der Waals surface area contributed by atoms with Crippen molar-refractivity contribution < 1.29 is 5.11 Å². The number of aliphatic hydroxyl groups is 1. The van der Waals surface area contributed by atoms with Crippen molar-refractivity contribution in [1.82, 2.24) is 15.0 Å². The molecule has 2 aromatic rings. The van der Waals surface area contributed by atoms with E-state index in [4.69, 9.17) is 0 Å². The molecule has 3 heterocycles. The van der Waals surface area contributed by atoms with E-state index in [0.29, 0.717) is 12.0 Å². The molecule has 5 nitrogen and oxygen atoms in total. The molecule has 0 aromatic carbocycles. The fraction of sp³-hybridized carbons (Fsp3) is 0.538. The zero-order valence-electron chi connectivity index (χ0n) is 10.1. The number of aromatic nitrogens is 3. The Morgan fingerprint density at radius 2 is 2.33 bits per heavy atom. The molecule has 18 heavy (non-hydrogen) atoms. The third-order valence-electron chi connectivity index (χ3n) is 4.50. The maximum Gasteiger partial charge on any atom is 0.142 e. The Kier molecular flexibility index (Phi) is 2.11. The van der Waals surface area contributed by atoms with Gasteiger partial charge in [-0.1, -0.05) is 0 Å². The van der Waals surface area contributed by atoms with Gasteiger partial charge in [0.1, 0.15) is 17.8 Å². The molecule has 0 spiro atoms. The van der Waals surface area contributed by atoms with E-state index in [1.165, 1.54) is 19.3 Å². The van der Waals surface area contributed by atoms with E-state index in [2.05, 4.69) is 19.9 Å². The predicted molar refractivity (Wildman–Crippen MR) is 68.4 cm³/mol. The van der Waals surface area contributed by atoms with Crippen molar-refractivity contribution in [3.63, 3.8) is 0 Å². The van der Waals surface area contributed by atoms with Gasteiger partial charge in [-0.25, -0.2) is 9.97 Å². The molecular formula is C13H16N4O. The van der Waals surface area contributed by atoms with Gasteiger partial charge in [-0.2, -0.15) is 0 Å². The summed E-state index contributed by atoms with van der Waals surface area (Å²) in [6.07, 6.45) is 7.16. The molecule has 94 valence electrons. The number of aliphatic hydroxyl groups excluding tert-OH is 1. The number of fused-ring (bicyclic) bond motifs is 3. The Hall–Kier alpha value is -1.62. The summed E-state index contributed by atoms with van der Waals surface area (Å²) in [6.45, 7) is 0.219. The average Bonchev–Trinajstić information content (AvgIpc) is 3.11. The van der Waals surface area contributed by atoms with Crippen molar-refractivity contribution in [2.75, 3.05) is 11.5 Å². The maximum absolute atomic E-state index is 9.65. The molecule has 0 unspecified atom stereocenters. The van der Waals surface area contributed by atoms with Crippen LogP contribution in [0.1, 0.15) is 19.3 Å². The third kappa shape index (κ3) is 1.25. The number of nitrogens with zero attached hydrogens (tertiary/aromatic N) is 3. The Morgan fingerprint density at radius 3 is 3.22 bits per heavy atom. The smallest absolute Gasteiger partial charge is 0.142 e. The molecule has 2 N–H and O–H groups in total. The van der Waals surface area contributed by atoms with Crippen molar-refractivity contribution in [1.29, 1.82) is 0 Å². The van der Waals surface area contributed by atoms with Crippen LogP contribution in [0.25, 0.3) is 11.0 Å². The fourth-order valence-electron chi connectivity index (χ4n) is 3.72. The third-order valence-corrected chi connectivity index (χ3v) is 4.50. The average molecular weight is 244 g/mol. The number of nitrogens with one attached hydrogen (secondary N) is 1. The van der Waals surface area contributed by atoms with Crippen LogP contribution in [-0.2, 0) is 0 Å². The molecule has 1 saturated carbocycles. The number of anilines is 1. The standard InChI is InChI=1S/C13H16N4O/c18-6-11-8-1-2-9(5-8)17(11)13-10-3-4-14-12(10)15-7-16-13/h3-4,7-9,11,18H,1-2,5-6H2,(H,14,15,16)/t8-,9+,11-/m1/s1. The normalized spacial score (nSPS) is 30.5. The first-order valence-corrected chi connectivity index (χ1v) is 6.56. The van der Waals surface area contributed by atoms with Gasteiger partial charge in [0.15, 0.2) is 0 Å². The van der Waals surface area contributed by atoms with Crippen molar-refractivity contribution in [3.8, 4) is 0 Å². The van der Waals surface area contributed by atoms with Crippen molar-refractivity contribution in [2.45, 2.75) is 31.3 Å². The van der Waals surface area contributed by atoms with E-state index in [-0.39, 0.29) is 12.6 Å². The summed E-state index contributed by atoms with van der Waals surface area (Å²) in [6, 6.07) is 2.79. The van der Waals surface area contributed by atoms with E-state index < -0.39 is 0 Å². The van der Waals surface area contributed by atoms with Gasteiger partial charge in [0.05, 0.1) is 18.0 Å². The largest absolute Gasteiger partial charge is 0.394 e. The molecule has 0 radical (unpaired) electrons. The lowest BCUT2D eigenvalue weighted by molar-refractivity contribution is 0.228. The van der Waals surface area contributed by atoms with Gasteiger partial charge in [-0.05, 0) is 31.2 Å². The highest BCUT2D eigenvalue weighted by Gasteiger charge is 2.46. The maximum atomic E-state index is 9.65. The lowest BCUT2D eigenvalue weighted by atomic mass is 9.99. The lowest BCUT2D eigenvalue weighted by Gasteiger charge is -2.35. The molecule has 2 aromatic heterocycles. The van der Waals surface area contributed by atoms with Gasteiger partial charge in [0, 0.05) is 12.2 Å². The molecule has 2 aliphatic rings. The van der Waals surface area contributed by atoms with E-state index >= 15 is 0 Å². The number of H-pyrrole nitrogens is 1. The molecule has 1 saturated heterocycles. The molecule has 0 amide bonds. The van der Waals surface area contributed by atoms with E-state index in [1.54, 1.807) is 6.33 Å². The van der Waals surface area contributed by atoms with Crippen molar-refractivity contribution in [2.24, 2.45) is 5.92 Å². The van der Waals surface area contributed by atoms with Gasteiger partial charge in [-0.15, -0.1) is 0 Å². The van der Waals surface area contributed by atoms with Gasteiger partial charge < -0.3 is 15.0 Å². The highest BCUT2D eigenvalue weighted by molar-refractivity contribution is 5.87. The highest BCUT2D eigenvalue weighted by Crippen LogP contribution is 2.45. The summed E-state index contributed by atoms with van der Waals surface area (Å²) < 4.78 is 0. The minimum absolute atomic E-state index is 0.219. The first kappa shape index (κ1) is 10.3. The lowest BCUT2D eigenvalue weighted by Crippen LogP contribution is -2.43. The number of rotatable bonds is 2. The van der Waals surface area contributed by atoms with Crippen LogP contribution in [0.4, 0.5) is 5.82 Å². The summed E-state index contributed by atoms with van der Waals surface area (Å²) in [7, 11) is 0. The van der Waals surface area contributed by atoms with Crippen LogP contribution in [0.5, 0.6) is 0 Å². The number of hydrogen-bond donors (Lipinski definition) is 2. The quantitative estimate of drug-likeness (QED) is 0.836. The predicted octanol–water partition coefficient (Wildman–Crippen LogP) is 1.31. The molecule has 2 fully saturated rings. The monoisotopic (exact) mass is 244 g/mol. The van der Waals surface area contributed by atoms with Crippen LogP contribution in [-0.4, -0.2) is 38.7 Å². The summed E-state index contributed by atoms with van der Waals surface area (Å²) in [5.74, 6) is 1.61. The molecule has 5 heteroatoms. The fourth-order valence-corrected chi connectivity index (χ4v) is 3.72. The molecule has 1 aliphatic heterocycles. The van der Waals surface area contributed by atoms with Gasteiger partial charge >= 0.3 is 0 Å². The first-order valence-electron chi connectivity index (χ1n) is 6.56. The molecule has 1 aliphatic carbocycles. The minimum atomic E-state index is 0.219. The van der Waals surface area contributed by atoms with Crippen LogP contribution >= 0.6 is 0 Å². The minimum Gasteiger partial charge on any atom is -0.394 e. The van der Waals surface area contributed by atoms with E-state index in [1.807, 2.05) is 12.3 Å². The number of hydrogen-bond acceptors (Lipinski definition) is 4. The first-order chi connectivity index (χ1) is 8.88. The second kappa shape index (κ2) is 3.68. The number of piperidine rings is 1. The topological polar surface area (TPSA) is 65.0 Å². The second-order valence-electron chi connectivity index (χ2n) is 5.32. The Morgan fingerprint density at radius 1 is 1.39 bits per heavy atom. The zero-order valence-corrected chi connectivity index (χ0v) is 10.1. The van der Waals surface area contributed by atoms with Crippen LogP contribution in [0.3, 0.4) is 0 Å². The Balaban J connectivity index is 1.84. The molecule has 4 rings (SSSR count). The van der Waals surface area contributed by atoms with Gasteiger partial charge in [-0.3, -0.25) is 0 Å². The Labute approximate surface area is 105 Å². The summed E-state index contributed by atoms with van der Waals surface area (Å²) in [5, 5.41) is 10.7. The summed E-state index contributed by atoms with van der Waals surface area (Å²) >= 11 is 0. The summed E-state index contributed by atoms with van der Waals surface area (Å²) in [4.78, 5) is 14.1. The van der Waals surface area contributed by atoms with Gasteiger partial charge in [0.2, 0.25) is 0 Å². The van der Waals surface area contributed by atoms with Crippen molar-refractivity contribution in [3.05, 3.63) is 18.6 Å². The summed E-state index contributed by atoms with van der Waals surface area (Å²) in [5.41, 5.74) is 0.875. The van der Waals surface area contributed by atoms with Gasteiger partial charge in [0.25, 0.3) is 0 Å². The van der Waals surface area contributed by atoms with E-state index in [0.717, 1.165) is 16.9 Å².